The highest BCUT2D eigenvalue weighted by atomic mass is 127. The summed E-state index contributed by atoms with van der Waals surface area (Å²) in [5.74, 6) is 0.321. The lowest BCUT2D eigenvalue weighted by Crippen LogP contribution is -2.38. The first-order valence-electron chi connectivity index (χ1n) is 10.0. The fourth-order valence-corrected chi connectivity index (χ4v) is 5.00. The van der Waals surface area contributed by atoms with Gasteiger partial charge < -0.3 is 4.74 Å². The van der Waals surface area contributed by atoms with Crippen molar-refractivity contribution in [3.63, 3.8) is 0 Å². The number of hydrogen-bond donors (Lipinski definition) is 1. The molecular weight excluding hydrogens is 511 g/mol. The number of fused-ring (bicyclic) bond motifs is 1. The molecule has 1 N–H and O–H groups in total. The quantitative estimate of drug-likeness (QED) is 0.328. The number of hydrogen-bond acceptors (Lipinski definition) is 5. The Labute approximate surface area is 193 Å². The molecule has 2 heterocycles. The Kier molecular flexibility index (Phi) is 7.01. The zero-order valence-electron chi connectivity index (χ0n) is 16.5. The number of benzene rings is 2. The van der Waals surface area contributed by atoms with E-state index in [-0.39, 0.29) is 11.7 Å². The van der Waals surface area contributed by atoms with E-state index in [1.165, 1.54) is 0 Å². The lowest BCUT2D eigenvalue weighted by atomic mass is 9.89. The molecule has 0 spiro atoms. The Morgan fingerprint density at radius 1 is 1.10 bits per heavy atom. The standard InChI is InChI=1S/C23H23IN2O3S/c24-19-6-4-16(5-7-19)21(27)17-8-11-26(12-9-17)13-14-29-23(28)25-20-3-1-2-18-10-15-30-22(18)20/h1-7,10,15,17H,8-9,11-14H2,(H,25,28). The van der Waals surface area contributed by atoms with Crippen LogP contribution in [0.3, 0.4) is 0 Å². The smallest absolute Gasteiger partial charge is 0.411 e. The molecule has 4 rings (SSSR count). The summed E-state index contributed by atoms with van der Waals surface area (Å²) >= 11 is 3.84. The van der Waals surface area contributed by atoms with Crippen LogP contribution in [0, 0.1) is 9.49 Å². The van der Waals surface area contributed by atoms with Crippen molar-refractivity contribution >= 4 is 61.6 Å². The van der Waals surface area contributed by atoms with Gasteiger partial charge in [0, 0.05) is 21.6 Å². The van der Waals surface area contributed by atoms with Gasteiger partial charge in [0.25, 0.3) is 0 Å². The number of Topliss-reactive ketones (excluding diaryl/α,β-unsaturated/α-hetero) is 1. The zero-order valence-corrected chi connectivity index (χ0v) is 19.4. The van der Waals surface area contributed by atoms with E-state index in [9.17, 15) is 9.59 Å². The van der Waals surface area contributed by atoms with Crippen molar-refractivity contribution < 1.29 is 14.3 Å². The van der Waals surface area contributed by atoms with Crippen LogP contribution in [0.1, 0.15) is 23.2 Å². The molecule has 156 valence electrons. The van der Waals surface area contributed by atoms with Crippen LogP contribution in [-0.2, 0) is 4.74 Å². The maximum Gasteiger partial charge on any atom is 0.411 e. The van der Waals surface area contributed by atoms with Crippen LogP contribution in [-0.4, -0.2) is 43.0 Å². The summed E-state index contributed by atoms with van der Waals surface area (Å²) in [6, 6.07) is 15.6. The van der Waals surface area contributed by atoms with Crippen LogP contribution in [0.5, 0.6) is 0 Å². The minimum atomic E-state index is -0.431. The maximum absolute atomic E-state index is 12.7. The number of piperidine rings is 1. The summed E-state index contributed by atoms with van der Waals surface area (Å²) < 4.78 is 7.56. The molecular formula is C23H23IN2O3S. The largest absolute Gasteiger partial charge is 0.448 e. The normalized spacial score (nSPS) is 15.2. The van der Waals surface area contributed by atoms with Gasteiger partial charge in [0.05, 0.1) is 10.4 Å². The molecule has 1 fully saturated rings. The Morgan fingerprint density at radius 2 is 1.87 bits per heavy atom. The molecule has 5 nitrogen and oxygen atoms in total. The van der Waals surface area contributed by atoms with Crippen molar-refractivity contribution in [3.05, 3.63) is 63.0 Å². The van der Waals surface area contributed by atoms with Crippen LogP contribution >= 0.6 is 33.9 Å². The van der Waals surface area contributed by atoms with Crippen molar-refractivity contribution in [1.29, 1.82) is 0 Å². The molecule has 0 atom stereocenters. The van der Waals surface area contributed by atoms with Gasteiger partial charge in [-0.2, -0.15) is 0 Å². The van der Waals surface area contributed by atoms with Crippen LogP contribution < -0.4 is 5.32 Å². The zero-order chi connectivity index (χ0) is 20.9. The first-order valence-corrected chi connectivity index (χ1v) is 12.0. The second-order valence-corrected chi connectivity index (χ2v) is 9.55. The minimum Gasteiger partial charge on any atom is -0.448 e. The predicted molar refractivity (Wildman–Crippen MR) is 129 cm³/mol. The number of anilines is 1. The summed E-state index contributed by atoms with van der Waals surface area (Å²) in [5.41, 5.74) is 1.58. The average Bonchev–Trinajstić information content (AvgIpc) is 3.24. The first-order chi connectivity index (χ1) is 14.6. The Bertz CT molecular complexity index is 1030. The number of ketones is 1. The van der Waals surface area contributed by atoms with E-state index in [2.05, 4.69) is 32.8 Å². The molecule has 1 aliphatic heterocycles. The van der Waals surface area contributed by atoms with Gasteiger partial charge in [-0.05, 0) is 83.6 Å². The van der Waals surface area contributed by atoms with Gasteiger partial charge in [0.15, 0.2) is 5.78 Å². The number of halogens is 1. The van der Waals surface area contributed by atoms with Gasteiger partial charge in [-0.1, -0.05) is 24.3 Å². The topological polar surface area (TPSA) is 58.6 Å². The number of thiophene rings is 1. The maximum atomic E-state index is 12.7. The monoisotopic (exact) mass is 534 g/mol. The van der Waals surface area contributed by atoms with Crippen LogP contribution in [0.2, 0.25) is 0 Å². The van der Waals surface area contributed by atoms with Gasteiger partial charge in [0.1, 0.15) is 6.61 Å². The second kappa shape index (κ2) is 9.89. The molecule has 1 aromatic heterocycles. The van der Waals surface area contributed by atoms with Gasteiger partial charge in [0.2, 0.25) is 0 Å². The fraction of sp³-hybridized carbons (Fsp3) is 0.304. The average molecular weight is 534 g/mol. The highest BCUT2D eigenvalue weighted by Crippen LogP contribution is 2.28. The van der Waals surface area contributed by atoms with Crippen molar-refractivity contribution in [2.75, 3.05) is 31.6 Å². The molecule has 7 heteroatoms. The number of nitrogens with one attached hydrogen (secondary N) is 1. The van der Waals surface area contributed by atoms with E-state index in [1.54, 1.807) is 11.3 Å². The van der Waals surface area contributed by atoms with Crippen molar-refractivity contribution in [2.24, 2.45) is 5.92 Å². The number of rotatable bonds is 6. The number of carbonyl (C=O) groups excluding carboxylic acids is 2. The van der Waals surface area contributed by atoms with E-state index in [0.717, 1.165) is 50.8 Å². The van der Waals surface area contributed by atoms with Gasteiger partial charge in [-0.15, -0.1) is 11.3 Å². The number of amides is 1. The lowest BCUT2D eigenvalue weighted by molar-refractivity contribution is 0.0813. The molecule has 0 unspecified atom stereocenters. The van der Waals surface area contributed by atoms with Crippen LogP contribution in [0.25, 0.3) is 10.1 Å². The molecule has 1 amide bonds. The summed E-state index contributed by atoms with van der Waals surface area (Å²) in [6.45, 7) is 2.71. The molecule has 2 aromatic carbocycles. The molecule has 30 heavy (non-hydrogen) atoms. The van der Waals surface area contributed by atoms with E-state index in [4.69, 9.17) is 4.74 Å². The highest BCUT2D eigenvalue weighted by molar-refractivity contribution is 14.1. The van der Waals surface area contributed by atoms with Crippen molar-refractivity contribution in [1.82, 2.24) is 4.90 Å². The lowest BCUT2D eigenvalue weighted by Gasteiger charge is -2.31. The SMILES string of the molecule is O=C(Nc1cccc2ccsc12)OCCN1CCC(C(=O)c2ccc(I)cc2)CC1. The molecule has 0 radical (unpaired) electrons. The number of nitrogens with zero attached hydrogens (tertiary/aromatic N) is 1. The molecule has 0 aliphatic carbocycles. The predicted octanol–water partition coefficient (Wildman–Crippen LogP) is 5.65. The van der Waals surface area contributed by atoms with E-state index in [0.29, 0.717) is 13.2 Å². The fourth-order valence-electron chi connectivity index (χ4n) is 3.77. The number of likely N-dealkylation sites (tertiary alicyclic amines) is 1. The second-order valence-electron chi connectivity index (χ2n) is 7.39. The van der Waals surface area contributed by atoms with E-state index >= 15 is 0 Å². The van der Waals surface area contributed by atoms with E-state index < -0.39 is 6.09 Å². The Hall–Kier alpha value is -1.97. The van der Waals surface area contributed by atoms with Gasteiger partial charge >= 0.3 is 6.09 Å². The molecule has 1 saturated heterocycles. The third kappa shape index (κ3) is 5.19. The summed E-state index contributed by atoms with van der Waals surface area (Å²) in [4.78, 5) is 27.1. The minimum absolute atomic E-state index is 0.0804. The summed E-state index contributed by atoms with van der Waals surface area (Å²) in [5, 5.41) is 5.96. The van der Waals surface area contributed by atoms with E-state index in [1.807, 2.05) is 53.9 Å². The Morgan fingerprint density at radius 3 is 2.63 bits per heavy atom. The van der Waals surface area contributed by atoms with Crippen molar-refractivity contribution in [2.45, 2.75) is 12.8 Å². The number of carbonyl (C=O) groups is 2. The van der Waals surface area contributed by atoms with Gasteiger partial charge in [-0.3, -0.25) is 15.0 Å². The molecule has 0 bridgehead atoms. The highest BCUT2D eigenvalue weighted by Gasteiger charge is 2.25. The van der Waals surface area contributed by atoms with Crippen LogP contribution in [0.15, 0.2) is 53.9 Å². The van der Waals surface area contributed by atoms with Crippen LogP contribution in [0.4, 0.5) is 10.5 Å². The third-order valence-electron chi connectivity index (χ3n) is 5.44. The number of ether oxygens (including phenoxy) is 1. The summed E-state index contributed by atoms with van der Waals surface area (Å²) in [6.07, 6.45) is 1.26. The first kappa shape index (κ1) is 21.3. The molecule has 3 aromatic rings. The van der Waals surface area contributed by atoms with Crippen molar-refractivity contribution in [3.8, 4) is 0 Å². The van der Waals surface area contributed by atoms with Gasteiger partial charge in [-0.25, -0.2) is 4.79 Å². The molecule has 0 saturated carbocycles. The Balaban J connectivity index is 1.19. The molecule has 1 aliphatic rings. The third-order valence-corrected chi connectivity index (χ3v) is 7.13. The summed E-state index contributed by atoms with van der Waals surface area (Å²) in [7, 11) is 0.